The van der Waals surface area contributed by atoms with Gasteiger partial charge in [0.1, 0.15) is 0 Å². The van der Waals surface area contributed by atoms with Gasteiger partial charge in [-0.05, 0) is 0 Å². The summed E-state index contributed by atoms with van der Waals surface area (Å²) in [6.45, 7) is 6.51. The van der Waals surface area contributed by atoms with Gasteiger partial charge in [-0.1, -0.05) is 20.8 Å². The van der Waals surface area contributed by atoms with E-state index in [4.69, 9.17) is 0 Å². The van der Waals surface area contributed by atoms with E-state index in [0.29, 0.717) is 19.3 Å². The Kier molecular flexibility index (Phi) is 5.70. The average molecular weight is 218 g/mol. The molecule has 14 heavy (non-hydrogen) atoms. The summed E-state index contributed by atoms with van der Waals surface area (Å²) in [5.41, 5.74) is -0.370. The summed E-state index contributed by atoms with van der Waals surface area (Å²) in [4.78, 5) is 22.2. The van der Waals surface area contributed by atoms with Gasteiger partial charge >= 0.3 is 0 Å². The van der Waals surface area contributed by atoms with Crippen LogP contribution in [0.25, 0.3) is 0 Å². The highest BCUT2D eigenvalue weighted by Gasteiger charge is 2.20. The molecule has 0 spiro atoms. The van der Waals surface area contributed by atoms with Crippen molar-refractivity contribution in [1.29, 1.82) is 0 Å². The van der Waals surface area contributed by atoms with Crippen LogP contribution in [0.15, 0.2) is 0 Å². The van der Waals surface area contributed by atoms with Gasteiger partial charge in [-0.3, -0.25) is 9.59 Å². The Hall–Kier alpha value is -0.630. The van der Waals surface area contributed by atoms with E-state index in [-0.39, 0.29) is 17.2 Å². The summed E-state index contributed by atoms with van der Waals surface area (Å²) in [5, 5.41) is 5.41. The molecule has 0 heterocycles. The Balaban J connectivity index is 3.56. The van der Waals surface area contributed by atoms with Crippen LogP contribution in [0.4, 0.5) is 0 Å². The third-order valence-corrected chi connectivity index (χ3v) is 1.97. The van der Waals surface area contributed by atoms with Gasteiger partial charge in [-0.25, -0.2) is 0 Å². The van der Waals surface area contributed by atoms with E-state index in [1.165, 1.54) is 0 Å². The third-order valence-electron chi connectivity index (χ3n) is 1.60. The average Bonchev–Trinajstić information content (AvgIpc) is 2.09. The maximum atomic E-state index is 11.4. The van der Waals surface area contributed by atoms with Crippen LogP contribution in [-0.2, 0) is 9.59 Å². The first-order chi connectivity index (χ1) is 6.38. The molecular weight excluding hydrogens is 199 g/mol. The molecular formula is C9H19N2O2P. The second-order valence-corrected chi connectivity index (χ2v) is 4.47. The fraction of sp³-hybridized carbons (Fsp3) is 0.778. The van der Waals surface area contributed by atoms with Crippen LogP contribution in [0.2, 0.25) is 0 Å². The molecule has 0 aromatic carbocycles. The minimum atomic E-state index is -0.370. The number of hydrogen-bond acceptors (Lipinski definition) is 2. The van der Waals surface area contributed by atoms with Crippen molar-refractivity contribution in [3.8, 4) is 0 Å². The molecule has 5 heteroatoms. The molecule has 0 aliphatic heterocycles. The molecule has 1 atom stereocenters. The second-order valence-electron chi connectivity index (χ2n) is 4.06. The molecule has 0 saturated heterocycles. The molecule has 4 nitrogen and oxygen atoms in total. The summed E-state index contributed by atoms with van der Waals surface area (Å²) in [6, 6.07) is 0. The van der Waals surface area contributed by atoms with Gasteiger partial charge in [0.15, 0.2) is 0 Å². The first kappa shape index (κ1) is 13.4. The van der Waals surface area contributed by atoms with Crippen molar-refractivity contribution in [1.82, 2.24) is 10.6 Å². The molecule has 0 bridgehead atoms. The molecule has 0 fully saturated rings. The van der Waals surface area contributed by atoms with E-state index >= 15 is 0 Å². The van der Waals surface area contributed by atoms with Crippen LogP contribution in [0, 0.1) is 5.41 Å². The van der Waals surface area contributed by atoms with E-state index < -0.39 is 0 Å². The zero-order chi connectivity index (χ0) is 11.2. The van der Waals surface area contributed by atoms with Crippen molar-refractivity contribution in [2.75, 3.05) is 19.3 Å². The van der Waals surface area contributed by atoms with Gasteiger partial charge in [0.2, 0.25) is 11.8 Å². The lowest BCUT2D eigenvalue weighted by molar-refractivity contribution is -0.128. The fourth-order valence-electron chi connectivity index (χ4n) is 0.715. The zero-order valence-corrected chi connectivity index (χ0v) is 10.2. The molecule has 0 radical (unpaired) electrons. The minimum Gasteiger partial charge on any atom is -0.354 e. The summed E-state index contributed by atoms with van der Waals surface area (Å²) in [6.07, 6.45) is 0.396. The number of carbonyl (C=O) groups is 2. The Morgan fingerprint density at radius 2 is 1.64 bits per heavy atom. The van der Waals surface area contributed by atoms with E-state index in [1.807, 2.05) is 20.8 Å². The highest BCUT2D eigenvalue weighted by atomic mass is 31.0. The maximum absolute atomic E-state index is 11.4. The van der Waals surface area contributed by atoms with Gasteiger partial charge in [0, 0.05) is 24.7 Å². The standard InChI is InChI=1S/C9H19N2O2P/c1-9(2,3)8(13)11-5-4-10-7(12)6-14/h4-6,14H2,1-3H3,(H,10,12)(H,11,13). The summed E-state index contributed by atoms with van der Waals surface area (Å²) in [7, 11) is 2.34. The molecule has 2 N–H and O–H groups in total. The van der Waals surface area contributed by atoms with Crippen LogP contribution in [-0.4, -0.2) is 31.1 Å². The molecule has 0 saturated carbocycles. The first-order valence-electron chi connectivity index (χ1n) is 4.63. The van der Waals surface area contributed by atoms with Gasteiger partial charge < -0.3 is 10.6 Å². The van der Waals surface area contributed by atoms with Crippen molar-refractivity contribution in [3.05, 3.63) is 0 Å². The smallest absolute Gasteiger partial charge is 0.225 e. The number of nitrogens with one attached hydrogen (secondary N) is 2. The van der Waals surface area contributed by atoms with Crippen LogP contribution in [0.3, 0.4) is 0 Å². The Bertz CT molecular complexity index is 211. The molecule has 0 aliphatic rings. The predicted octanol–water partition coefficient (Wildman–Crippen LogP) is 0.140. The van der Waals surface area contributed by atoms with Crippen molar-refractivity contribution in [2.45, 2.75) is 20.8 Å². The van der Waals surface area contributed by atoms with Gasteiger partial charge in [-0.15, -0.1) is 9.24 Å². The minimum absolute atomic E-state index is 0.00220. The summed E-state index contributed by atoms with van der Waals surface area (Å²) in [5.74, 6) is -0.0300. The number of amides is 2. The van der Waals surface area contributed by atoms with Crippen molar-refractivity contribution >= 4 is 21.1 Å². The lowest BCUT2D eigenvalue weighted by Crippen LogP contribution is -2.40. The lowest BCUT2D eigenvalue weighted by atomic mass is 9.96. The predicted molar refractivity (Wildman–Crippen MR) is 60.1 cm³/mol. The maximum Gasteiger partial charge on any atom is 0.225 e. The summed E-state index contributed by atoms with van der Waals surface area (Å²) < 4.78 is 0. The molecule has 0 aromatic rings. The topological polar surface area (TPSA) is 58.2 Å². The normalized spacial score (nSPS) is 10.9. The molecule has 1 unspecified atom stereocenters. The lowest BCUT2D eigenvalue weighted by Gasteiger charge is -2.17. The zero-order valence-electron chi connectivity index (χ0n) is 9.02. The Morgan fingerprint density at radius 1 is 1.14 bits per heavy atom. The molecule has 2 amide bonds. The molecule has 0 aromatic heterocycles. The second kappa shape index (κ2) is 5.97. The van der Waals surface area contributed by atoms with Gasteiger partial charge in [-0.2, -0.15) is 0 Å². The quantitative estimate of drug-likeness (QED) is 0.521. The summed E-state index contributed by atoms with van der Waals surface area (Å²) >= 11 is 0. The fourth-order valence-corrected chi connectivity index (χ4v) is 0.860. The van der Waals surface area contributed by atoms with Crippen molar-refractivity contribution in [2.24, 2.45) is 5.41 Å². The highest BCUT2D eigenvalue weighted by molar-refractivity contribution is 7.18. The van der Waals surface area contributed by atoms with E-state index in [9.17, 15) is 9.59 Å². The van der Waals surface area contributed by atoms with E-state index in [0.717, 1.165) is 0 Å². The van der Waals surface area contributed by atoms with Crippen LogP contribution in [0.1, 0.15) is 20.8 Å². The molecule has 0 aliphatic carbocycles. The van der Waals surface area contributed by atoms with Crippen molar-refractivity contribution < 1.29 is 9.59 Å². The number of rotatable bonds is 4. The van der Waals surface area contributed by atoms with Crippen LogP contribution in [0.5, 0.6) is 0 Å². The van der Waals surface area contributed by atoms with E-state index in [2.05, 4.69) is 19.9 Å². The number of hydrogen-bond donors (Lipinski definition) is 2. The molecule has 0 rings (SSSR count). The van der Waals surface area contributed by atoms with Crippen LogP contribution >= 0.6 is 9.24 Å². The van der Waals surface area contributed by atoms with Gasteiger partial charge in [0.25, 0.3) is 0 Å². The first-order valence-corrected chi connectivity index (χ1v) is 5.44. The monoisotopic (exact) mass is 218 g/mol. The Morgan fingerprint density at radius 3 is 2.07 bits per heavy atom. The van der Waals surface area contributed by atoms with Crippen molar-refractivity contribution in [3.63, 3.8) is 0 Å². The number of carbonyl (C=O) groups excluding carboxylic acids is 2. The SMILES string of the molecule is CC(C)(C)C(=O)NCCNC(=O)CP. The van der Waals surface area contributed by atoms with Crippen LogP contribution < -0.4 is 10.6 Å². The largest absolute Gasteiger partial charge is 0.354 e. The van der Waals surface area contributed by atoms with Gasteiger partial charge in [0.05, 0.1) is 0 Å². The highest BCUT2D eigenvalue weighted by Crippen LogP contribution is 2.11. The Labute approximate surface area is 87.4 Å². The molecule has 82 valence electrons. The van der Waals surface area contributed by atoms with E-state index in [1.54, 1.807) is 0 Å². The third kappa shape index (κ3) is 5.92.